The predicted molar refractivity (Wildman–Crippen MR) is 55.0 cm³/mol. The van der Waals surface area contributed by atoms with Gasteiger partial charge in [-0.2, -0.15) is 0 Å². The quantitative estimate of drug-likeness (QED) is 0.377. The van der Waals surface area contributed by atoms with Crippen molar-refractivity contribution in [3.05, 3.63) is 0 Å². The zero-order chi connectivity index (χ0) is 12.2. The van der Waals surface area contributed by atoms with E-state index in [4.69, 9.17) is 4.74 Å². The van der Waals surface area contributed by atoms with Gasteiger partial charge in [0.2, 0.25) is 5.91 Å². The normalized spacial score (nSPS) is 49.5. The lowest BCUT2D eigenvalue weighted by Crippen LogP contribution is -2.58. The van der Waals surface area contributed by atoms with E-state index in [1.54, 1.807) is 0 Å². The van der Waals surface area contributed by atoms with Gasteiger partial charge >= 0.3 is 0 Å². The van der Waals surface area contributed by atoms with Crippen LogP contribution >= 0.6 is 0 Å². The van der Waals surface area contributed by atoms with Gasteiger partial charge in [-0.15, -0.1) is 0 Å². The molecule has 3 fully saturated rings. The van der Waals surface area contributed by atoms with Gasteiger partial charge in [0.1, 0.15) is 23.6 Å². The van der Waals surface area contributed by atoms with Gasteiger partial charge in [0.15, 0.2) is 0 Å². The molecule has 3 rings (SSSR count). The first kappa shape index (κ1) is 11.1. The van der Waals surface area contributed by atoms with Crippen LogP contribution in [0.15, 0.2) is 0 Å². The molecule has 3 unspecified atom stereocenters. The van der Waals surface area contributed by atoms with Crippen LogP contribution in [0.4, 0.5) is 0 Å². The van der Waals surface area contributed by atoms with Crippen molar-refractivity contribution in [3.8, 4) is 0 Å². The minimum atomic E-state index is -1.23. The number of carbonyl (C=O) groups is 2. The second-order valence-electron chi connectivity index (χ2n) is 5.12. The molecule has 2 aliphatic heterocycles. The maximum absolute atomic E-state index is 11.8. The summed E-state index contributed by atoms with van der Waals surface area (Å²) in [5.41, 5.74) is -1.23. The number of hydrogen-bond donors (Lipinski definition) is 3. The van der Waals surface area contributed by atoms with Gasteiger partial charge in [-0.25, -0.2) is 0 Å². The Morgan fingerprint density at radius 3 is 2.88 bits per heavy atom. The molecule has 1 amide bonds. The molecule has 5 atom stereocenters. The average molecular weight is 241 g/mol. The first-order chi connectivity index (χ1) is 8.02. The van der Waals surface area contributed by atoms with E-state index in [9.17, 15) is 19.8 Å². The number of ketones is 1. The monoisotopic (exact) mass is 241 g/mol. The molecule has 0 spiro atoms. The zero-order valence-electron chi connectivity index (χ0n) is 9.26. The van der Waals surface area contributed by atoms with Gasteiger partial charge in [-0.05, 0) is 12.8 Å². The van der Waals surface area contributed by atoms with Crippen molar-refractivity contribution in [1.82, 2.24) is 5.32 Å². The van der Waals surface area contributed by atoms with E-state index < -0.39 is 23.7 Å². The molecule has 3 aliphatic rings. The number of amides is 1. The van der Waals surface area contributed by atoms with Crippen molar-refractivity contribution < 1.29 is 24.5 Å². The van der Waals surface area contributed by atoms with Crippen LogP contribution in [0, 0.1) is 5.92 Å². The lowest BCUT2D eigenvalue weighted by atomic mass is 9.71. The van der Waals surface area contributed by atoms with E-state index in [0.29, 0.717) is 12.8 Å². The summed E-state index contributed by atoms with van der Waals surface area (Å²) in [6, 6.07) is 0. The van der Waals surface area contributed by atoms with E-state index in [1.807, 2.05) is 0 Å². The summed E-state index contributed by atoms with van der Waals surface area (Å²) in [5, 5.41) is 22.7. The molecule has 2 heterocycles. The van der Waals surface area contributed by atoms with Gasteiger partial charge in [0.05, 0.1) is 18.4 Å². The molecule has 0 bridgehead atoms. The summed E-state index contributed by atoms with van der Waals surface area (Å²) >= 11 is 0. The number of rotatable bonds is 1. The molecule has 17 heavy (non-hydrogen) atoms. The number of aliphatic hydroxyl groups is 2. The smallest absolute Gasteiger partial charge is 0.227 e. The van der Waals surface area contributed by atoms with E-state index >= 15 is 0 Å². The number of fused-ring (bicyclic) bond motifs is 1. The Kier molecular flexibility index (Phi) is 2.30. The summed E-state index contributed by atoms with van der Waals surface area (Å²) in [5.74, 6) is -1.14. The minimum absolute atomic E-state index is 0.164. The summed E-state index contributed by atoms with van der Waals surface area (Å²) in [6.45, 7) is 0.164. The van der Waals surface area contributed by atoms with Crippen molar-refractivity contribution in [2.45, 2.75) is 43.2 Å². The topological polar surface area (TPSA) is 99.2 Å². The fourth-order valence-electron chi connectivity index (χ4n) is 3.01. The molecule has 6 nitrogen and oxygen atoms in total. The van der Waals surface area contributed by atoms with Crippen LogP contribution in [0.5, 0.6) is 0 Å². The molecule has 0 aromatic carbocycles. The summed E-state index contributed by atoms with van der Waals surface area (Å²) in [4.78, 5) is 22.9. The van der Waals surface area contributed by atoms with Crippen LogP contribution in [0.1, 0.15) is 19.3 Å². The molecule has 1 saturated carbocycles. The third kappa shape index (κ3) is 1.59. The number of ether oxygens (including phenoxy) is 1. The van der Waals surface area contributed by atoms with Crippen LogP contribution in [0.3, 0.4) is 0 Å². The predicted octanol–water partition coefficient (Wildman–Crippen LogP) is -1.66. The number of nitrogens with one attached hydrogen (secondary N) is 1. The van der Waals surface area contributed by atoms with Crippen LogP contribution < -0.4 is 5.32 Å². The second-order valence-corrected chi connectivity index (χ2v) is 5.12. The highest BCUT2D eigenvalue weighted by Crippen LogP contribution is 2.47. The van der Waals surface area contributed by atoms with Gasteiger partial charge in [-0.3, -0.25) is 9.59 Å². The fraction of sp³-hybridized carbons (Fsp3) is 0.818. The molecular weight excluding hydrogens is 226 g/mol. The van der Waals surface area contributed by atoms with Gasteiger partial charge < -0.3 is 20.3 Å². The Bertz CT molecular complexity index is 384. The molecule has 6 heteroatoms. The van der Waals surface area contributed by atoms with Gasteiger partial charge in [-0.1, -0.05) is 0 Å². The van der Waals surface area contributed by atoms with Crippen molar-refractivity contribution in [2.24, 2.45) is 5.92 Å². The Morgan fingerprint density at radius 2 is 2.18 bits per heavy atom. The van der Waals surface area contributed by atoms with Gasteiger partial charge in [0, 0.05) is 6.54 Å². The van der Waals surface area contributed by atoms with Crippen molar-refractivity contribution in [1.29, 1.82) is 0 Å². The Balaban J connectivity index is 1.79. The summed E-state index contributed by atoms with van der Waals surface area (Å²) < 4.78 is 5.27. The highest BCUT2D eigenvalue weighted by molar-refractivity contribution is 6.02. The summed E-state index contributed by atoms with van der Waals surface area (Å²) in [6.07, 6.45) is -0.771. The number of Topliss-reactive ketones (excluding diaryl/α,β-unsaturated/α-hetero) is 1. The molecule has 1 aliphatic carbocycles. The maximum atomic E-state index is 11.8. The first-order valence-electron chi connectivity index (χ1n) is 5.87. The van der Waals surface area contributed by atoms with Crippen LogP contribution in [-0.4, -0.2) is 52.4 Å². The largest absolute Gasteiger partial charge is 0.390 e. The van der Waals surface area contributed by atoms with Crippen molar-refractivity contribution >= 4 is 11.7 Å². The lowest BCUT2D eigenvalue weighted by molar-refractivity contribution is -0.144. The van der Waals surface area contributed by atoms with E-state index in [1.165, 1.54) is 0 Å². The molecule has 94 valence electrons. The van der Waals surface area contributed by atoms with Gasteiger partial charge in [0.25, 0.3) is 0 Å². The van der Waals surface area contributed by atoms with Crippen molar-refractivity contribution in [2.75, 3.05) is 6.54 Å². The number of hydrogen-bond acceptors (Lipinski definition) is 5. The number of carbonyl (C=O) groups excluding carboxylic acids is 2. The average Bonchev–Trinajstić information content (AvgIpc) is 3.05. The third-order valence-corrected chi connectivity index (χ3v) is 4.07. The van der Waals surface area contributed by atoms with Crippen molar-refractivity contribution in [3.63, 3.8) is 0 Å². The second kappa shape index (κ2) is 3.51. The SMILES string of the molecule is O=C1CC(=O)C(C2(O)CC[C@@H](O)[C@H]3OC32)CN1. The minimum Gasteiger partial charge on any atom is -0.390 e. The van der Waals surface area contributed by atoms with E-state index in [2.05, 4.69) is 5.32 Å². The zero-order valence-corrected chi connectivity index (χ0v) is 9.26. The Morgan fingerprint density at radius 1 is 1.41 bits per heavy atom. The number of epoxide rings is 1. The third-order valence-electron chi connectivity index (χ3n) is 4.07. The van der Waals surface area contributed by atoms with Crippen LogP contribution in [0.2, 0.25) is 0 Å². The molecule has 0 aromatic heterocycles. The number of piperidine rings is 1. The van der Waals surface area contributed by atoms with E-state index in [-0.39, 0.29) is 30.8 Å². The summed E-state index contributed by atoms with van der Waals surface area (Å²) in [7, 11) is 0. The Labute approximate surface area is 97.9 Å². The molecule has 0 radical (unpaired) electrons. The maximum Gasteiger partial charge on any atom is 0.227 e. The highest BCUT2D eigenvalue weighted by atomic mass is 16.6. The van der Waals surface area contributed by atoms with Crippen LogP contribution in [0.25, 0.3) is 0 Å². The molecule has 2 saturated heterocycles. The lowest BCUT2D eigenvalue weighted by Gasteiger charge is -2.39. The first-order valence-corrected chi connectivity index (χ1v) is 5.87. The standard InChI is InChI=1S/C11H15NO5/c13-6-1-2-11(16,10-9(6)17-10)5-4-12-8(15)3-7(5)14/h5-6,9-10,13,16H,1-4H2,(H,12,15)/t5?,6-,9-,10?,11?/m1/s1. The fourth-order valence-corrected chi connectivity index (χ4v) is 3.01. The molecule has 3 N–H and O–H groups in total. The Hall–Kier alpha value is -0.980. The molecule has 0 aromatic rings. The molecular formula is C11H15NO5. The van der Waals surface area contributed by atoms with E-state index in [0.717, 1.165) is 0 Å². The highest BCUT2D eigenvalue weighted by Gasteiger charge is 2.64. The van der Waals surface area contributed by atoms with Crippen LogP contribution in [-0.2, 0) is 14.3 Å². The number of aliphatic hydroxyl groups excluding tert-OH is 1.